The normalized spacial score (nSPS) is 25.0. The Hall–Kier alpha value is -1.26. The molecule has 1 amide bonds. The summed E-state index contributed by atoms with van der Waals surface area (Å²) in [6, 6.07) is 6.43. The number of piperazine rings is 1. The van der Waals surface area contributed by atoms with Crippen molar-refractivity contribution in [3.05, 3.63) is 28.8 Å². The second-order valence-electron chi connectivity index (χ2n) is 7.63. The lowest BCUT2D eigenvalue weighted by atomic mass is 9.86. The molecule has 1 aromatic rings. The van der Waals surface area contributed by atoms with Crippen LogP contribution in [0.3, 0.4) is 0 Å². The zero-order valence-corrected chi connectivity index (χ0v) is 16.2. The number of nitrogens with one attached hydrogen (secondary N) is 1. The highest BCUT2D eigenvalue weighted by Gasteiger charge is 2.25. The molecule has 1 heterocycles. The molecule has 0 bridgehead atoms. The largest absolute Gasteiger partial charge is 0.369 e. The molecule has 1 aliphatic heterocycles. The summed E-state index contributed by atoms with van der Waals surface area (Å²) in [5.41, 5.74) is 2.47. The summed E-state index contributed by atoms with van der Waals surface area (Å²) in [7, 11) is 0. The maximum absolute atomic E-state index is 12.4. The SMILES string of the molecule is Cc1ccc(Cl)cc1N1CCN(CC(=O)N[C@@H]2CCCC[C@@H]2C)CC1. The zero-order valence-electron chi connectivity index (χ0n) is 15.4. The van der Waals surface area contributed by atoms with Gasteiger partial charge in [-0.05, 0) is 43.4 Å². The second-order valence-corrected chi connectivity index (χ2v) is 8.07. The number of anilines is 1. The predicted octanol–water partition coefficient (Wildman–Crippen LogP) is 3.47. The Morgan fingerprint density at radius 2 is 1.92 bits per heavy atom. The first-order valence-corrected chi connectivity index (χ1v) is 9.93. The molecular weight excluding hydrogens is 334 g/mol. The minimum atomic E-state index is 0.186. The van der Waals surface area contributed by atoms with Crippen LogP contribution in [0.1, 0.15) is 38.2 Å². The maximum atomic E-state index is 12.4. The third-order valence-electron chi connectivity index (χ3n) is 5.71. The summed E-state index contributed by atoms with van der Waals surface area (Å²) >= 11 is 6.15. The van der Waals surface area contributed by atoms with Crippen LogP contribution in [0, 0.1) is 12.8 Å². The fourth-order valence-electron chi connectivity index (χ4n) is 4.06. The number of hydrogen-bond donors (Lipinski definition) is 1. The molecule has 2 atom stereocenters. The molecule has 5 heteroatoms. The first kappa shape index (κ1) is 18.5. The van der Waals surface area contributed by atoms with Gasteiger partial charge in [0.25, 0.3) is 0 Å². The van der Waals surface area contributed by atoms with E-state index in [1.165, 1.54) is 30.5 Å². The van der Waals surface area contributed by atoms with Gasteiger partial charge < -0.3 is 10.2 Å². The summed E-state index contributed by atoms with van der Waals surface area (Å²) in [5.74, 6) is 0.798. The third kappa shape index (κ3) is 4.89. The number of hydrogen-bond acceptors (Lipinski definition) is 3. The molecule has 1 aromatic carbocycles. The van der Waals surface area contributed by atoms with Crippen molar-refractivity contribution in [3.8, 4) is 0 Å². The van der Waals surface area contributed by atoms with Crippen molar-refractivity contribution in [2.75, 3.05) is 37.6 Å². The molecule has 1 N–H and O–H groups in total. The number of amides is 1. The molecule has 4 nitrogen and oxygen atoms in total. The van der Waals surface area contributed by atoms with Gasteiger partial charge in [0.15, 0.2) is 0 Å². The summed E-state index contributed by atoms with van der Waals surface area (Å²) < 4.78 is 0. The van der Waals surface area contributed by atoms with Crippen LogP contribution in [0.2, 0.25) is 5.02 Å². The number of nitrogens with zero attached hydrogens (tertiary/aromatic N) is 2. The number of halogens is 1. The third-order valence-corrected chi connectivity index (χ3v) is 5.94. The van der Waals surface area contributed by atoms with E-state index in [0.717, 1.165) is 37.6 Å². The Morgan fingerprint density at radius 3 is 2.64 bits per heavy atom. The van der Waals surface area contributed by atoms with Gasteiger partial charge in [0.1, 0.15) is 0 Å². The first-order valence-electron chi connectivity index (χ1n) is 9.56. The highest BCUT2D eigenvalue weighted by Crippen LogP contribution is 2.26. The molecule has 1 saturated heterocycles. The van der Waals surface area contributed by atoms with Gasteiger partial charge in [-0.3, -0.25) is 9.69 Å². The Bertz CT molecular complexity index is 599. The van der Waals surface area contributed by atoms with Gasteiger partial charge >= 0.3 is 0 Å². The molecule has 25 heavy (non-hydrogen) atoms. The molecule has 1 saturated carbocycles. The Kier molecular flexibility index (Phi) is 6.24. The van der Waals surface area contributed by atoms with E-state index in [4.69, 9.17) is 11.6 Å². The van der Waals surface area contributed by atoms with Crippen molar-refractivity contribution in [3.63, 3.8) is 0 Å². The minimum Gasteiger partial charge on any atom is -0.369 e. The van der Waals surface area contributed by atoms with E-state index in [1.807, 2.05) is 12.1 Å². The molecule has 2 fully saturated rings. The van der Waals surface area contributed by atoms with E-state index in [-0.39, 0.29) is 5.91 Å². The molecular formula is C20H30ClN3O. The van der Waals surface area contributed by atoms with E-state index in [2.05, 4.69) is 35.0 Å². The lowest BCUT2D eigenvalue weighted by molar-refractivity contribution is -0.123. The van der Waals surface area contributed by atoms with Crippen LogP contribution < -0.4 is 10.2 Å². The minimum absolute atomic E-state index is 0.186. The van der Waals surface area contributed by atoms with Crippen LogP contribution in [-0.4, -0.2) is 49.6 Å². The van der Waals surface area contributed by atoms with Crippen molar-refractivity contribution in [2.24, 2.45) is 5.92 Å². The van der Waals surface area contributed by atoms with E-state index in [9.17, 15) is 4.79 Å². The fraction of sp³-hybridized carbons (Fsp3) is 0.650. The molecule has 0 spiro atoms. The monoisotopic (exact) mass is 363 g/mol. The van der Waals surface area contributed by atoms with Crippen LogP contribution in [-0.2, 0) is 4.79 Å². The van der Waals surface area contributed by atoms with Crippen molar-refractivity contribution in [2.45, 2.75) is 45.6 Å². The van der Waals surface area contributed by atoms with Crippen LogP contribution >= 0.6 is 11.6 Å². The van der Waals surface area contributed by atoms with Gasteiger partial charge in [-0.1, -0.05) is 37.4 Å². The van der Waals surface area contributed by atoms with E-state index in [0.29, 0.717) is 18.5 Å². The van der Waals surface area contributed by atoms with Crippen LogP contribution in [0.5, 0.6) is 0 Å². The Labute approximate surface area is 156 Å². The Balaban J connectivity index is 1.47. The molecule has 3 rings (SSSR count). The number of aryl methyl sites for hydroxylation is 1. The molecule has 138 valence electrons. The summed E-state index contributed by atoms with van der Waals surface area (Å²) in [4.78, 5) is 17.0. The van der Waals surface area contributed by atoms with E-state index < -0.39 is 0 Å². The van der Waals surface area contributed by atoms with Gasteiger partial charge in [0, 0.05) is 42.9 Å². The molecule has 1 aliphatic carbocycles. The van der Waals surface area contributed by atoms with Crippen LogP contribution in [0.4, 0.5) is 5.69 Å². The highest BCUT2D eigenvalue weighted by atomic mass is 35.5. The molecule has 0 aromatic heterocycles. The van der Waals surface area contributed by atoms with Crippen molar-refractivity contribution in [1.82, 2.24) is 10.2 Å². The maximum Gasteiger partial charge on any atom is 0.234 e. The van der Waals surface area contributed by atoms with Crippen LogP contribution in [0.15, 0.2) is 18.2 Å². The van der Waals surface area contributed by atoms with Crippen molar-refractivity contribution in [1.29, 1.82) is 0 Å². The zero-order chi connectivity index (χ0) is 17.8. The lowest BCUT2D eigenvalue weighted by Gasteiger charge is -2.37. The number of benzene rings is 1. The van der Waals surface area contributed by atoms with Gasteiger partial charge in [0.2, 0.25) is 5.91 Å². The number of rotatable bonds is 4. The van der Waals surface area contributed by atoms with E-state index >= 15 is 0 Å². The standard InChI is InChI=1S/C20H30ClN3O/c1-15-5-3-4-6-18(15)22-20(25)14-23-9-11-24(12-10-23)19-13-17(21)8-7-16(19)2/h7-8,13,15,18H,3-6,9-12,14H2,1-2H3,(H,22,25)/t15-,18+/m0/s1. The predicted molar refractivity (Wildman–Crippen MR) is 104 cm³/mol. The van der Waals surface area contributed by atoms with Crippen molar-refractivity contribution < 1.29 is 4.79 Å². The highest BCUT2D eigenvalue weighted by molar-refractivity contribution is 6.30. The summed E-state index contributed by atoms with van der Waals surface area (Å²) in [6.07, 6.45) is 4.92. The Morgan fingerprint density at radius 1 is 1.20 bits per heavy atom. The fourth-order valence-corrected chi connectivity index (χ4v) is 4.22. The number of carbonyl (C=O) groups is 1. The molecule has 0 unspecified atom stereocenters. The molecule has 0 radical (unpaired) electrons. The van der Waals surface area contributed by atoms with E-state index in [1.54, 1.807) is 0 Å². The second kappa shape index (κ2) is 8.41. The smallest absolute Gasteiger partial charge is 0.234 e. The van der Waals surface area contributed by atoms with Crippen LogP contribution in [0.25, 0.3) is 0 Å². The number of carbonyl (C=O) groups excluding carboxylic acids is 1. The van der Waals surface area contributed by atoms with Gasteiger partial charge in [-0.2, -0.15) is 0 Å². The quantitative estimate of drug-likeness (QED) is 0.889. The lowest BCUT2D eigenvalue weighted by Crippen LogP contribution is -2.51. The first-order chi connectivity index (χ1) is 12.0. The molecule has 2 aliphatic rings. The van der Waals surface area contributed by atoms with Gasteiger partial charge in [0.05, 0.1) is 6.54 Å². The summed E-state index contributed by atoms with van der Waals surface area (Å²) in [6.45, 7) is 8.61. The summed E-state index contributed by atoms with van der Waals surface area (Å²) in [5, 5.41) is 4.05. The topological polar surface area (TPSA) is 35.6 Å². The average Bonchev–Trinajstić information content (AvgIpc) is 2.60. The average molecular weight is 364 g/mol. The van der Waals surface area contributed by atoms with Gasteiger partial charge in [-0.25, -0.2) is 0 Å². The van der Waals surface area contributed by atoms with Crippen molar-refractivity contribution >= 4 is 23.2 Å². The van der Waals surface area contributed by atoms with Gasteiger partial charge in [-0.15, -0.1) is 0 Å².